The molecule has 0 bridgehead atoms. The lowest BCUT2D eigenvalue weighted by Gasteiger charge is -2.12. The average molecular weight is 325 g/mol. The second-order valence-corrected chi connectivity index (χ2v) is 7.45. The van der Waals surface area contributed by atoms with Gasteiger partial charge >= 0.3 is 0 Å². The number of aryl methyl sites for hydroxylation is 1. The van der Waals surface area contributed by atoms with Gasteiger partial charge in [0, 0.05) is 17.6 Å². The van der Waals surface area contributed by atoms with Gasteiger partial charge in [-0.15, -0.1) is 11.3 Å². The number of sulfonamides is 1. The lowest BCUT2D eigenvalue weighted by molar-refractivity contribution is 0.566. The molecular formula is C14H19N3O2S2. The fraction of sp³-hybridized carbons (Fsp3) is 0.357. The molecule has 2 aromatic rings. The molecule has 1 heterocycles. The third-order valence-corrected chi connectivity index (χ3v) is 5.66. The minimum Gasteiger partial charge on any atom is -0.316 e. The Bertz CT molecular complexity index is 693. The SMILES string of the molecule is CNCc1ccc(S(=O)(=O)NC(C)c2nc(C)cs2)cc1. The van der Waals surface area contributed by atoms with Gasteiger partial charge in [-0.05, 0) is 38.6 Å². The van der Waals surface area contributed by atoms with Crippen molar-refractivity contribution < 1.29 is 8.42 Å². The summed E-state index contributed by atoms with van der Waals surface area (Å²) >= 11 is 1.46. The number of nitrogens with zero attached hydrogens (tertiary/aromatic N) is 1. The van der Waals surface area contributed by atoms with Gasteiger partial charge < -0.3 is 5.32 Å². The predicted octanol–water partition coefficient (Wildman–Crippen LogP) is 2.21. The number of hydrogen-bond acceptors (Lipinski definition) is 5. The van der Waals surface area contributed by atoms with E-state index in [-0.39, 0.29) is 10.9 Å². The van der Waals surface area contributed by atoms with Crippen LogP contribution in [-0.4, -0.2) is 20.4 Å². The molecule has 0 amide bonds. The summed E-state index contributed by atoms with van der Waals surface area (Å²) in [6.07, 6.45) is 0. The van der Waals surface area contributed by atoms with E-state index >= 15 is 0 Å². The van der Waals surface area contributed by atoms with E-state index in [4.69, 9.17) is 0 Å². The number of aromatic nitrogens is 1. The highest BCUT2D eigenvalue weighted by molar-refractivity contribution is 7.89. The van der Waals surface area contributed by atoms with Crippen molar-refractivity contribution >= 4 is 21.4 Å². The molecule has 1 aromatic carbocycles. The fourth-order valence-electron chi connectivity index (χ4n) is 1.91. The highest BCUT2D eigenvalue weighted by atomic mass is 32.2. The van der Waals surface area contributed by atoms with Crippen LogP contribution in [0.1, 0.15) is 29.2 Å². The Balaban J connectivity index is 2.14. The van der Waals surface area contributed by atoms with Crippen LogP contribution in [-0.2, 0) is 16.6 Å². The number of rotatable bonds is 6. The lowest BCUT2D eigenvalue weighted by Crippen LogP contribution is -2.26. The van der Waals surface area contributed by atoms with Gasteiger partial charge in [0.1, 0.15) is 5.01 Å². The van der Waals surface area contributed by atoms with Crippen molar-refractivity contribution in [2.45, 2.75) is 31.3 Å². The van der Waals surface area contributed by atoms with E-state index in [1.807, 2.05) is 31.5 Å². The van der Waals surface area contributed by atoms with Crippen molar-refractivity contribution in [3.05, 3.63) is 45.9 Å². The van der Waals surface area contributed by atoms with E-state index in [0.717, 1.165) is 16.3 Å². The Morgan fingerprint density at radius 1 is 1.29 bits per heavy atom. The van der Waals surface area contributed by atoms with E-state index < -0.39 is 10.0 Å². The fourth-order valence-corrected chi connectivity index (χ4v) is 4.00. The van der Waals surface area contributed by atoms with E-state index in [9.17, 15) is 8.42 Å². The van der Waals surface area contributed by atoms with Crippen molar-refractivity contribution in [2.75, 3.05) is 7.05 Å². The van der Waals surface area contributed by atoms with E-state index in [2.05, 4.69) is 15.0 Å². The summed E-state index contributed by atoms with van der Waals surface area (Å²) in [6.45, 7) is 4.40. The first-order chi connectivity index (χ1) is 9.92. The molecule has 0 saturated heterocycles. The highest BCUT2D eigenvalue weighted by Gasteiger charge is 2.19. The van der Waals surface area contributed by atoms with Crippen LogP contribution in [0.15, 0.2) is 34.5 Å². The van der Waals surface area contributed by atoms with Crippen LogP contribution in [0.25, 0.3) is 0 Å². The number of thiazole rings is 1. The summed E-state index contributed by atoms with van der Waals surface area (Å²) in [5.41, 5.74) is 1.94. The molecule has 5 nitrogen and oxygen atoms in total. The molecule has 21 heavy (non-hydrogen) atoms. The minimum atomic E-state index is -3.53. The molecule has 0 spiro atoms. The topological polar surface area (TPSA) is 71.1 Å². The quantitative estimate of drug-likeness (QED) is 0.854. The van der Waals surface area contributed by atoms with Gasteiger partial charge in [-0.2, -0.15) is 0 Å². The van der Waals surface area contributed by atoms with Gasteiger partial charge in [0.2, 0.25) is 10.0 Å². The molecule has 0 aliphatic carbocycles. The molecule has 114 valence electrons. The molecule has 0 aliphatic heterocycles. The molecule has 1 aromatic heterocycles. The zero-order valence-corrected chi connectivity index (χ0v) is 13.9. The van der Waals surface area contributed by atoms with Crippen LogP contribution in [0.2, 0.25) is 0 Å². The van der Waals surface area contributed by atoms with Gasteiger partial charge in [-0.3, -0.25) is 0 Å². The normalized spacial score (nSPS) is 13.3. The van der Waals surface area contributed by atoms with Gasteiger partial charge in [-0.25, -0.2) is 18.1 Å². The Kier molecular flexibility index (Phi) is 5.10. The standard InChI is InChI=1S/C14H19N3O2S2/c1-10-9-20-14(16-10)11(2)17-21(18,19)13-6-4-12(5-7-13)8-15-3/h4-7,9,11,15,17H,8H2,1-3H3. The predicted molar refractivity (Wildman–Crippen MR) is 84.8 cm³/mol. The van der Waals surface area contributed by atoms with Crippen molar-refractivity contribution in [3.8, 4) is 0 Å². The first-order valence-corrected chi connectivity index (χ1v) is 8.96. The average Bonchev–Trinajstić information content (AvgIpc) is 2.86. The van der Waals surface area contributed by atoms with Crippen molar-refractivity contribution in [1.82, 2.24) is 15.0 Å². The first-order valence-electron chi connectivity index (χ1n) is 6.60. The summed E-state index contributed by atoms with van der Waals surface area (Å²) < 4.78 is 27.3. The smallest absolute Gasteiger partial charge is 0.241 e. The van der Waals surface area contributed by atoms with Crippen molar-refractivity contribution in [3.63, 3.8) is 0 Å². The molecule has 0 radical (unpaired) electrons. The van der Waals surface area contributed by atoms with Gasteiger partial charge in [0.05, 0.1) is 10.9 Å². The van der Waals surface area contributed by atoms with Gasteiger partial charge in [-0.1, -0.05) is 12.1 Å². The maximum atomic E-state index is 12.3. The minimum absolute atomic E-state index is 0.266. The van der Waals surface area contributed by atoms with Gasteiger partial charge in [0.15, 0.2) is 0 Å². The zero-order chi connectivity index (χ0) is 15.5. The lowest BCUT2D eigenvalue weighted by atomic mass is 10.2. The Morgan fingerprint density at radius 3 is 2.48 bits per heavy atom. The Labute approximate surface area is 129 Å². The monoisotopic (exact) mass is 325 g/mol. The molecule has 0 aliphatic rings. The molecule has 0 fully saturated rings. The molecule has 2 N–H and O–H groups in total. The molecule has 7 heteroatoms. The highest BCUT2D eigenvalue weighted by Crippen LogP contribution is 2.20. The maximum Gasteiger partial charge on any atom is 0.241 e. The Hall–Kier alpha value is -1.28. The summed E-state index contributed by atoms with van der Waals surface area (Å²) in [5, 5.41) is 5.70. The van der Waals surface area contributed by atoms with Gasteiger partial charge in [0.25, 0.3) is 0 Å². The first kappa shape index (κ1) is 16.1. The van der Waals surface area contributed by atoms with Crippen LogP contribution < -0.4 is 10.0 Å². The van der Waals surface area contributed by atoms with Crippen LogP contribution in [0.4, 0.5) is 0 Å². The molecule has 1 atom stereocenters. The second-order valence-electron chi connectivity index (χ2n) is 4.84. The molecular weight excluding hydrogens is 306 g/mol. The van der Waals surface area contributed by atoms with E-state index in [0.29, 0.717) is 6.54 Å². The van der Waals surface area contributed by atoms with Crippen LogP contribution in [0.3, 0.4) is 0 Å². The number of benzene rings is 1. The summed E-state index contributed by atoms with van der Waals surface area (Å²) in [5.74, 6) is 0. The van der Waals surface area contributed by atoms with Crippen LogP contribution in [0.5, 0.6) is 0 Å². The summed E-state index contributed by atoms with van der Waals surface area (Å²) in [4.78, 5) is 4.58. The third-order valence-electron chi connectivity index (χ3n) is 2.95. The molecule has 1 unspecified atom stereocenters. The van der Waals surface area contributed by atoms with Crippen molar-refractivity contribution in [1.29, 1.82) is 0 Å². The van der Waals surface area contributed by atoms with E-state index in [1.54, 1.807) is 19.1 Å². The Morgan fingerprint density at radius 2 is 1.95 bits per heavy atom. The van der Waals surface area contributed by atoms with Crippen LogP contribution in [0, 0.1) is 6.92 Å². The number of hydrogen-bond donors (Lipinski definition) is 2. The van der Waals surface area contributed by atoms with Crippen molar-refractivity contribution in [2.24, 2.45) is 0 Å². The number of nitrogens with one attached hydrogen (secondary N) is 2. The largest absolute Gasteiger partial charge is 0.316 e. The summed E-state index contributed by atoms with van der Waals surface area (Å²) in [6, 6.07) is 6.52. The third kappa shape index (κ3) is 4.10. The summed E-state index contributed by atoms with van der Waals surface area (Å²) in [7, 11) is -1.68. The van der Waals surface area contributed by atoms with E-state index in [1.165, 1.54) is 11.3 Å². The van der Waals surface area contributed by atoms with Crippen LogP contribution >= 0.6 is 11.3 Å². The maximum absolute atomic E-state index is 12.3. The second kappa shape index (κ2) is 6.65. The zero-order valence-electron chi connectivity index (χ0n) is 12.3. The molecule has 0 saturated carbocycles. The molecule has 2 rings (SSSR count).